The predicted molar refractivity (Wildman–Crippen MR) is 146 cm³/mol. The minimum absolute atomic E-state index is 0.0997. The van der Waals surface area contributed by atoms with Crippen molar-refractivity contribution in [2.75, 3.05) is 19.0 Å². The number of benzene rings is 1. The number of halogens is 1. The summed E-state index contributed by atoms with van der Waals surface area (Å²) >= 11 is 6.16. The number of hydrogen-bond donors (Lipinski definition) is 3. The Balaban J connectivity index is 1.69. The Kier molecular flexibility index (Phi) is 9.46. The molecule has 0 saturated carbocycles. The van der Waals surface area contributed by atoms with Gasteiger partial charge in [0.1, 0.15) is 17.3 Å². The molecular weight excluding hydrogens is 508 g/mol. The van der Waals surface area contributed by atoms with Crippen molar-refractivity contribution in [2.45, 2.75) is 47.5 Å². The highest BCUT2D eigenvalue weighted by molar-refractivity contribution is 6.30. The first-order chi connectivity index (χ1) is 18.0. The molecule has 0 fully saturated rings. The number of nitrogens with one attached hydrogen (secondary N) is 3. The summed E-state index contributed by atoms with van der Waals surface area (Å²) in [5.41, 5.74) is 1.42. The van der Waals surface area contributed by atoms with Crippen molar-refractivity contribution >= 4 is 29.2 Å². The molecule has 11 heteroatoms. The van der Waals surface area contributed by atoms with E-state index in [1.165, 1.54) is 0 Å². The van der Waals surface area contributed by atoms with Crippen LogP contribution in [0.25, 0.3) is 11.5 Å². The van der Waals surface area contributed by atoms with E-state index in [2.05, 4.69) is 31.1 Å². The summed E-state index contributed by atoms with van der Waals surface area (Å²) in [7, 11) is 1.67. The largest absolute Gasteiger partial charge is 0.493 e. The van der Waals surface area contributed by atoms with E-state index in [9.17, 15) is 9.59 Å². The van der Waals surface area contributed by atoms with Crippen molar-refractivity contribution in [3.05, 3.63) is 64.4 Å². The fraction of sp³-hybridized carbons (Fsp3) is 0.370. The van der Waals surface area contributed by atoms with E-state index in [0.717, 1.165) is 5.69 Å². The van der Waals surface area contributed by atoms with Crippen LogP contribution in [0.15, 0.2) is 52.2 Å². The number of ether oxygens (including phenoxy) is 1. The molecule has 1 aromatic carbocycles. The first-order valence-electron chi connectivity index (χ1n) is 12.2. The molecular formula is C27H33ClN6O4. The third-order valence-corrected chi connectivity index (χ3v) is 5.81. The summed E-state index contributed by atoms with van der Waals surface area (Å²) in [6, 6.07) is 10.5. The van der Waals surface area contributed by atoms with Crippen molar-refractivity contribution in [1.82, 2.24) is 25.8 Å². The summed E-state index contributed by atoms with van der Waals surface area (Å²) in [5.74, 6) is 0.817. The first-order valence-corrected chi connectivity index (χ1v) is 12.6. The summed E-state index contributed by atoms with van der Waals surface area (Å²) in [5, 5.41) is 17.2. The highest BCUT2D eigenvalue weighted by atomic mass is 35.5. The van der Waals surface area contributed by atoms with E-state index in [1.807, 2.05) is 33.8 Å². The molecule has 2 heterocycles. The zero-order valence-electron chi connectivity index (χ0n) is 22.4. The molecule has 0 aliphatic rings. The number of hydrogen-bond acceptors (Lipinski definition) is 8. The maximum Gasteiger partial charge on any atom is 0.275 e. The van der Waals surface area contributed by atoms with Gasteiger partial charge in [0, 0.05) is 36.3 Å². The van der Waals surface area contributed by atoms with Crippen molar-refractivity contribution in [2.24, 2.45) is 5.41 Å². The van der Waals surface area contributed by atoms with Gasteiger partial charge in [0.25, 0.3) is 11.8 Å². The lowest BCUT2D eigenvalue weighted by atomic mass is 9.85. The number of carbonyl (C=O) groups is 2. The Morgan fingerprint density at radius 2 is 1.92 bits per heavy atom. The van der Waals surface area contributed by atoms with Gasteiger partial charge in [0.05, 0.1) is 12.2 Å². The predicted octanol–water partition coefficient (Wildman–Crippen LogP) is 4.66. The van der Waals surface area contributed by atoms with Crippen LogP contribution in [0.1, 0.15) is 45.7 Å². The van der Waals surface area contributed by atoms with E-state index in [-0.39, 0.29) is 23.9 Å². The second-order valence-electron chi connectivity index (χ2n) is 9.51. The van der Waals surface area contributed by atoms with Gasteiger partial charge in [-0.2, -0.15) is 0 Å². The standard InChI is InChI=1S/C27H33ClN6O4/c1-7-37-20-12-11-18(28)13-19(20)26-34-33-23(38-26)15-27(4,5)14-22(35)32-24(17(3)29-6)25(36)31-21-10-8-9-16(2)30-21/h8-13,29H,7,14-15H2,1-6H3,(H,32,35)(H,30,31,36)/b24-17+. The third kappa shape index (κ3) is 7.79. The summed E-state index contributed by atoms with van der Waals surface area (Å²) < 4.78 is 11.5. The van der Waals surface area contributed by atoms with E-state index in [4.69, 9.17) is 20.8 Å². The molecule has 0 saturated heterocycles. The molecule has 0 spiro atoms. The van der Waals surface area contributed by atoms with Crippen LogP contribution in [0.5, 0.6) is 5.75 Å². The van der Waals surface area contributed by atoms with Crippen molar-refractivity contribution in [1.29, 1.82) is 0 Å². The quantitative estimate of drug-likeness (QED) is 0.299. The first kappa shape index (κ1) is 28.6. The minimum Gasteiger partial charge on any atom is -0.493 e. The summed E-state index contributed by atoms with van der Waals surface area (Å²) in [4.78, 5) is 30.2. The zero-order chi connectivity index (χ0) is 27.9. The molecule has 202 valence electrons. The number of allylic oxidation sites excluding steroid dienone is 1. The van der Waals surface area contributed by atoms with Gasteiger partial charge in [-0.1, -0.05) is 31.5 Å². The lowest BCUT2D eigenvalue weighted by molar-refractivity contribution is -0.124. The van der Waals surface area contributed by atoms with Crippen molar-refractivity contribution in [3.63, 3.8) is 0 Å². The Morgan fingerprint density at radius 3 is 2.61 bits per heavy atom. The topological polar surface area (TPSA) is 131 Å². The Bertz CT molecular complexity index is 1330. The summed E-state index contributed by atoms with van der Waals surface area (Å²) in [6.07, 6.45) is 0.434. The fourth-order valence-electron chi connectivity index (χ4n) is 3.71. The second kappa shape index (κ2) is 12.6. The lowest BCUT2D eigenvalue weighted by Gasteiger charge is -2.22. The number of amides is 2. The maximum absolute atomic E-state index is 13.0. The molecule has 3 rings (SSSR count). The van der Waals surface area contributed by atoms with Crippen LogP contribution in [0.3, 0.4) is 0 Å². The summed E-state index contributed by atoms with van der Waals surface area (Å²) in [6.45, 7) is 9.71. The number of aromatic nitrogens is 3. The molecule has 38 heavy (non-hydrogen) atoms. The fourth-order valence-corrected chi connectivity index (χ4v) is 3.88. The van der Waals surface area contributed by atoms with Crippen molar-refractivity contribution < 1.29 is 18.7 Å². The van der Waals surface area contributed by atoms with Crippen LogP contribution in [-0.4, -0.2) is 40.7 Å². The Labute approximate surface area is 227 Å². The van der Waals surface area contributed by atoms with Crippen LogP contribution >= 0.6 is 11.6 Å². The SMILES string of the molecule is CCOc1ccc(Cl)cc1-c1nnc(CC(C)(C)CC(=O)N/C(C(=O)Nc2cccc(C)n2)=C(\C)NC)o1. The maximum atomic E-state index is 13.0. The molecule has 0 unspecified atom stereocenters. The highest BCUT2D eigenvalue weighted by Crippen LogP contribution is 2.33. The monoisotopic (exact) mass is 540 g/mol. The van der Waals surface area contributed by atoms with Crippen molar-refractivity contribution in [3.8, 4) is 17.2 Å². The van der Waals surface area contributed by atoms with Gasteiger partial charge in [-0.3, -0.25) is 9.59 Å². The van der Waals surface area contributed by atoms with E-state index >= 15 is 0 Å². The van der Waals surface area contributed by atoms with Crippen LogP contribution in [0, 0.1) is 12.3 Å². The van der Waals surface area contributed by atoms with Gasteiger partial charge in [-0.05, 0) is 56.5 Å². The number of rotatable bonds is 11. The molecule has 0 aliphatic heterocycles. The molecule has 0 atom stereocenters. The van der Waals surface area contributed by atoms with Gasteiger partial charge in [0.15, 0.2) is 0 Å². The van der Waals surface area contributed by atoms with Gasteiger partial charge in [0.2, 0.25) is 11.8 Å². The third-order valence-electron chi connectivity index (χ3n) is 5.58. The Morgan fingerprint density at radius 1 is 1.16 bits per heavy atom. The number of pyridine rings is 1. The molecule has 10 nitrogen and oxygen atoms in total. The van der Waals surface area contributed by atoms with E-state index in [1.54, 1.807) is 44.3 Å². The van der Waals surface area contributed by atoms with E-state index < -0.39 is 11.3 Å². The van der Waals surface area contributed by atoms with E-state index in [0.29, 0.717) is 46.8 Å². The number of nitrogens with zero attached hydrogens (tertiary/aromatic N) is 3. The molecule has 0 bridgehead atoms. The zero-order valence-corrected chi connectivity index (χ0v) is 23.2. The van der Waals surface area contributed by atoms with Crippen LogP contribution in [0.4, 0.5) is 5.82 Å². The molecule has 2 aromatic heterocycles. The lowest BCUT2D eigenvalue weighted by Crippen LogP contribution is -2.36. The second-order valence-corrected chi connectivity index (χ2v) is 9.95. The molecule has 2 amide bonds. The Hall–Kier alpha value is -3.92. The number of anilines is 1. The number of aryl methyl sites for hydroxylation is 1. The van der Waals surface area contributed by atoms with Gasteiger partial charge in [-0.25, -0.2) is 4.98 Å². The van der Waals surface area contributed by atoms with Crippen LogP contribution in [-0.2, 0) is 16.0 Å². The molecule has 0 aliphatic carbocycles. The minimum atomic E-state index is -0.557. The van der Waals surface area contributed by atoms with Crippen LogP contribution < -0.4 is 20.7 Å². The molecule has 0 radical (unpaired) electrons. The smallest absolute Gasteiger partial charge is 0.275 e. The van der Waals surface area contributed by atoms with Crippen LogP contribution in [0.2, 0.25) is 5.02 Å². The molecule has 3 N–H and O–H groups in total. The molecule has 3 aromatic rings. The van der Waals surface area contributed by atoms with Gasteiger partial charge >= 0.3 is 0 Å². The number of carbonyl (C=O) groups excluding carboxylic acids is 2. The van der Waals surface area contributed by atoms with Gasteiger partial charge in [-0.15, -0.1) is 10.2 Å². The van der Waals surface area contributed by atoms with Gasteiger partial charge < -0.3 is 25.1 Å². The normalized spacial score (nSPS) is 12.0. The average molecular weight is 541 g/mol. The average Bonchev–Trinajstić information content (AvgIpc) is 3.30. The highest BCUT2D eigenvalue weighted by Gasteiger charge is 2.28.